The van der Waals surface area contributed by atoms with Gasteiger partial charge < -0.3 is 5.11 Å². The minimum Gasteiger partial charge on any atom is -0.478 e. The third-order valence-corrected chi connectivity index (χ3v) is 6.54. The van der Waals surface area contributed by atoms with Gasteiger partial charge in [0.15, 0.2) is 5.52 Å². The van der Waals surface area contributed by atoms with Gasteiger partial charge in [-0.05, 0) is 49.9 Å². The van der Waals surface area contributed by atoms with Crippen LogP contribution in [0, 0.1) is 11.3 Å². The largest absolute Gasteiger partial charge is 0.478 e. The fraction of sp³-hybridized carbons (Fsp3) is 0.526. The van der Waals surface area contributed by atoms with E-state index in [1.165, 1.54) is 62.0 Å². The fourth-order valence-electron chi connectivity index (χ4n) is 4.68. The number of aromatic nitrogens is 6. The van der Waals surface area contributed by atoms with Crippen LogP contribution in [0.3, 0.4) is 0 Å². The SMILES string of the molecule is O=C(O)c1cnn(-c2nc3cnn(CC4CCC5(CCC5)CC4)c3c(=O)[nH]2)c1. The number of carboxylic acid groups (broad SMARTS) is 1. The van der Waals surface area contributed by atoms with Crippen LogP contribution in [-0.4, -0.2) is 40.6 Å². The average Bonchev–Trinajstić information content (AvgIpc) is 3.29. The normalized spacial score (nSPS) is 19.1. The maximum atomic E-state index is 12.7. The first-order chi connectivity index (χ1) is 13.5. The number of nitrogens with zero attached hydrogens (tertiary/aromatic N) is 5. The summed E-state index contributed by atoms with van der Waals surface area (Å²) < 4.78 is 3.01. The molecule has 9 nitrogen and oxygen atoms in total. The summed E-state index contributed by atoms with van der Waals surface area (Å²) in [6.45, 7) is 0.731. The van der Waals surface area contributed by atoms with E-state index in [1.807, 2.05) is 0 Å². The number of hydrogen-bond acceptors (Lipinski definition) is 5. The molecule has 9 heteroatoms. The second-order valence-electron chi connectivity index (χ2n) is 8.23. The van der Waals surface area contributed by atoms with Crippen molar-refractivity contribution in [1.29, 1.82) is 0 Å². The number of fused-ring (bicyclic) bond motifs is 1. The Kier molecular flexibility index (Phi) is 3.85. The van der Waals surface area contributed by atoms with Crippen molar-refractivity contribution >= 4 is 17.0 Å². The summed E-state index contributed by atoms with van der Waals surface area (Å²) in [6, 6.07) is 0. The zero-order valence-corrected chi connectivity index (χ0v) is 15.5. The van der Waals surface area contributed by atoms with Gasteiger partial charge in [-0.1, -0.05) is 6.42 Å². The van der Waals surface area contributed by atoms with E-state index in [0.29, 0.717) is 22.4 Å². The van der Waals surface area contributed by atoms with Crippen LogP contribution in [0.2, 0.25) is 0 Å². The van der Waals surface area contributed by atoms with Gasteiger partial charge in [0.05, 0.1) is 18.0 Å². The van der Waals surface area contributed by atoms with E-state index in [0.717, 1.165) is 6.54 Å². The predicted octanol–water partition coefficient (Wildman–Crippen LogP) is 2.36. The zero-order chi connectivity index (χ0) is 19.3. The van der Waals surface area contributed by atoms with Crippen LogP contribution in [0.1, 0.15) is 55.3 Å². The van der Waals surface area contributed by atoms with E-state index in [4.69, 9.17) is 5.11 Å². The Morgan fingerprint density at radius 2 is 2.00 bits per heavy atom. The van der Waals surface area contributed by atoms with Gasteiger partial charge in [0.1, 0.15) is 5.52 Å². The van der Waals surface area contributed by atoms with Crippen molar-refractivity contribution in [2.24, 2.45) is 11.3 Å². The first kappa shape index (κ1) is 17.2. The van der Waals surface area contributed by atoms with E-state index in [9.17, 15) is 9.59 Å². The van der Waals surface area contributed by atoms with Gasteiger partial charge in [0, 0.05) is 12.7 Å². The van der Waals surface area contributed by atoms with Crippen molar-refractivity contribution in [3.63, 3.8) is 0 Å². The Morgan fingerprint density at radius 1 is 1.21 bits per heavy atom. The van der Waals surface area contributed by atoms with Gasteiger partial charge >= 0.3 is 5.97 Å². The molecule has 28 heavy (non-hydrogen) atoms. The molecule has 0 radical (unpaired) electrons. The quantitative estimate of drug-likeness (QED) is 0.715. The molecule has 2 aliphatic rings. The lowest BCUT2D eigenvalue weighted by Gasteiger charge is -2.47. The van der Waals surface area contributed by atoms with E-state index in [-0.39, 0.29) is 17.1 Å². The summed E-state index contributed by atoms with van der Waals surface area (Å²) >= 11 is 0. The molecule has 2 fully saturated rings. The van der Waals surface area contributed by atoms with Crippen LogP contribution < -0.4 is 5.56 Å². The Morgan fingerprint density at radius 3 is 2.64 bits per heavy atom. The molecule has 0 amide bonds. The van der Waals surface area contributed by atoms with Crippen molar-refractivity contribution in [2.75, 3.05) is 0 Å². The number of aromatic amines is 1. The number of carboxylic acids is 1. The Bertz CT molecular complexity index is 1100. The molecule has 0 aromatic carbocycles. The molecule has 146 valence electrons. The smallest absolute Gasteiger partial charge is 0.338 e. The molecule has 5 rings (SSSR count). The molecule has 2 aliphatic carbocycles. The molecule has 0 aliphatic heterocycles. The summed E-state index contributed by atoms with van der Waals surface area (Å²) in [6.07, 6.45) is 13.2. The van der Waals surface area contributed by atoms with Crippen LogP contribution in [0.25, 0.3) is 17.0 Å². The number of carbonyl (C=O) groups is 1. The molecular formula is C19H22N6O3. The minimum absolute atomic E-state index is 0.0278. The number of hydrogen-bond donors (Lipinski definition) is 2. The number of aromatic carboxylic acids is 1. The molecule has 2 N–H and O–H groups in total. The predicted molar refractivity (Wildman–Crippen MR) is 100 cm³/mol. The van der Waals surface area contributed by atoms with Crippen molar-refractivity contribution in [3.05, 3.63) is 34.5 Å². The Hall–Kier alpha value is -2.97. The number of rotatable bonds is 4. The second-order valence-corrected chi connectivity index (χ2v) is 8.23. The van der Waals surface area contributed by atoms with Crippen molar-refractivity contribution < 1.29 is 9.90 Å². The summed E-state index contributed by atoms with van der Waals surface area (Å²) in [5.74, 6) is -0.370. The summed E-state index contributed by atoms with van der Waals surface area (Å²) in [4.78, 5) is 30.8. The van der Waals surface area contributed by atoms with Gasteiger partial charge in [-0.15, -0.1) is 0 Å². The highest BCUT2D eigenvalue weighted by atomic mass is 16.4. The van der Waals surface area contributed by atoms with Crippen LogP contribution in [-0.2, 0) is 6.54 Å². The van der Waals surface area contributed by atoms with Gasteiger partial charge in [0.25, 0.3) is 5.56 Å². The third-order valence-electron chi connectivity index (χ3n) is 6.54. The second kappa shape index (κ2) is 6.29. The molecular weight excluding hydrogens is 360 g/mol. The molecule has 3 heterocycles. The van der Waals surface area contributed by atoms with Crippen LogP contribution >= 0.6 is 0 Å². The summed E-state index contributed by atoms with van der Waals surface area (Å²) in [5.41, 5.74) is 1.29. The fourth-order valence-corrected chi connectivity index (χ4v) is 4.68. The molecule has 0 bridgehead atoms. The topological polar surface area (TPSA) is 119 Å². The van der Waals surface area contributed by atoms with Gasteiger partial charge in [-0.2, -0.15) is 10.2 Å². The van der Waals surface area contributed by atoms with Crippen LogP contribution in [0.5, 0.6) is 0 Å². The monoisotopic (exact) mass is 382 g/mol. The van der Waals surface area contributed by atoms with Crippen molar-refractivity contribution in [1.82, 2.24) is 29.5 Å². The Balaban J connectivity index is 1.39. The summed E-state index contributed by atoms with van der Waals surface area (Å²) in [5, 5.41) is 17.4. The van der Waals surface area contributed by atoms with E-state index in [1.54, 1.807) is 10.9 Å². The lowest BCUT2D eigenvalue weighted by molar-refractivity contribution is 0.0511. The Labute approximate surface area is 160 Å². The van der Waals surface area contributed by atoms with Crippen molar-refractivity contribution in [3.8, 4) is 5.95 Å². The van der Waals surface area contributed by atoms with Crippen LogP contribution in [0.15, 0.2) is 23.4 Å². The first-order valence-electron chi connectivity index (χ1n) is 9.77. The molecule has 0 saturated heterocycles. The zero-order valence-electron chi connectivity index (χ0n) is 15.5. The third kappa shape index (κ3) is 2.81. The van der Waals surface area contributed by atoms with Crippen LogP contribution in [0.4, 0.5) is 0 Å². The number of nitrogens with one attached hydrogen (secondary N) is 1. The molecule has 3 aromatic heterocycles. The molecule has 1 spiro atoms. The average molecular weight is 382 g/mol. The number of H-pyrrole nitrogens is 1. The molecule has 2 saturated carbocycles. The van der Waals surface area contributed by atoms with Crippen molar-refractivity contribution in [2.45, 2.75) is 51.5 Å². The lowest BCUT2D eigenvalue weighted by atomic mass is 9.59. The minimum atomic E-state index is -1.08. The molecule has 0 unspecified atom stereocenters. The summed E-state index contributed by atoms with van der Waals surface area (Å²) in [7, 11) is 0. The maximum absolute atomic E-state index is 12.7. The highest BCUT2D eigenvalue weighted by Gasteiger charge is 2.40. The first-order valence-corrected chi connectivity index (χ1v) is 9.77. The molecule has 0 atom stereocenters. The highest BCUT2D eigenvalue weighted by molar-refractivity contribution is 5.87. The lowest BCUT2D eigenvalue weighted by Crippen LogP contribution is -2.35. The van der Waals surface area contributed by atoms with Gasteiger partial charge in [-0.3, -0.25) is 14.5 Å². The standard InChI is InChI=1S/C19H22N6O3/c26-16-15-14(22-18(23-16)25-11-13(8-20-25)17(27)28)9-21-24(15)10-12-2-6-19(7-3-12)4-1-5-19/h8-9,11-12H,1-7,10H2,(H,27,28)(H,22,23,26). The van der Waals surface area contributed by atoms with E-state index >= 15 is 0 Å². The highest BCUT2D eigenvalue weighted by Crippen LogP contribution is 2.52. The van der Waals surface area contributed by atoms with Gasteiger partial charge in [0.2, 0.25) is 5.95 Å². The van der Waals surface area contributed by atoms with E-state index in [2.05, 4.69) is 20.2 Å². The molecule has 3 aromatic rings. The van der Waals surface area contributed by atoms with Gasteiger partial charge in [-0.25, -0.2) is 14.5 Å². The van der Waals surface area contributed by atoms with E-state index < -0.39 is 5.97 Å². The maximum Gasteiger partial charge on any atom is 0.338 e.